The molecule has 0 bridgehead atoms. The molecule has 0 aliphatic heterocycles. The van der Waals surface area contributed by atoms with Gasteiger partial charge in [0.1, 0.15) is 4.90 Å². The molecule has 1 amide bonds. The van der Waals surface area contributed by atoms with Gasteiger partial charge in [-0.05, 0) is 18.6 Å². The van der Waals surface area contributed by atoms with Crippen LogP contribution >= 0.6 is 23.2 Å². The van der Waals surface area contributed by atoms with E-state index in [0.717, 1.165) is 25.3 Å². The maximum atomic E-state index is 12.3. The van der Waals surface area contributed by atoms with Gasteiger partial charge >= 0.3 is 0 Å². The molecular weight excluding hydrogens is 335 g/mol. The molecule has 0 atom stereocenters. The number of hydrogen-bond acceptors (Lipinski definition) is 3. The Bertz CT molecular complexity index is 633. The number of nitrogens with zero attached hydrogens (tertiary/aromatic N) is 1. The van der Waals surface area contributed by atoms with E-state index in [4.69, 9.17) is 28.3 Å². The average Bonchev–Trinajstić information content (AvgIpc) is 2.39. The molecule has 21 heavy (non-hydrogen) atoms. The number of halogens is 2. The fourth-order valence-electron chi connectivity index (χ4n) is 1.83. The predicted molar refractivity (Wildman–Crippen MR) is 84.3 cm³/mol. The molecule has 118 valence electrons. The van der Waals surface area contributed by atoms with Crippen LogP contribution in [0.2, 0.25) is 10.0 Å². The topological polar surface area (TPSA) is 80.5 Å². The number of sulfonamides is 1. The van der Waals surface area contributed by atoms with Gasteiger partial charge in [0.2, 0.25) is 10.0 Å². The molecule has 0 aliphatic rings. The third-order valence-corrected chi connectivity index (χ3v) is 4.66. The molecule has 1 aromatic rings. The Balaban J connectivity index is 3.13. The molecule has 0 fully saturated rings. The molecule has 5 nitrogen and oxygen atoms in total. The summed E-state index contributed by atoms with van der Waals surface area (Å²) in [5, 5.41) is 4.97. The molecule has 0 aromatic heterocycles. The molecule has 2 N–H and O–H groups in total. The van der Waals surface area contributed by atoms with Crippen LogP contribution in [0.5, 0.6) is 0 Å². The summed E-state index contributed by atoms with van der Waals surface area (Å²) in [4.78, 5) is 13.5. The molecular formula is C13H18Cl2N2O3S. The number of nitrogens with two attached hydrogens (primary N) is 1. The van der Waals surface area contributed by atoms with Crippen molar-refractivity contribution >= 4 is 39.1 Å². The lowest BCUT2D eigenvalue weighted by atomic mass is 10.2. The van der Waals surface area contributed by atoms with Gasteiger partial charge in [0.25, 0.3) is 5.91 Å². The second kappa shape index (κ2) is 7.45. The van der Waals surface area contributed by atoms with E-state index in [9.17, 15) is 13.2 Å². The van der Waals surface area contributed by atoms with Crippen LogP contribution in [0.3, 0.4) is 0 Å². The number of benzene rings is 1. The third kappa shape index (κ3) is 4.85. The zero-order chi connectivity index (χ0) is 16.2. The van der Waals surface area contributed by atoms with Crippen LogP contribution in [-0.4, -0.2) is 32.8 Å². The molecule has 8 heteroatoms. The normalized spacial score (nSPS) is 11.5. The third-order valence-electron chi connectivity index (χ3n) is 2.98. The van der Waals surface area contributed by atoms with Crippen molar-refractivity contribution in [1.82, 2.24) is 4.90 Å². The summed E-state index contributed by atoms with van der Waals surface area (Å²) in [6, 6.07) is 2.48. The highest BCUT2D eigenvalue weighted by Crippen LogP contribution is 2.29. The summed E-state index contributed by atoms with van der Waals surface area (Å²) in [5.74, 6) is -0.386. The molecule has 0 spiro atoms. The predicted octanol–water partition coefficient (Wildman–Crippen LogP) is 2.90. The lowest BCUT2D eigenvalue weighted by Gasteiger charge is -2.18. The van der Waals surface area contributed by atoms with Crippen LogP contribution in [0.15, 0.2) is 17.0 Å². The van der Waals surface area contributed by atoms with Gasteiger partial charge in [-0.2, -0.15) is 0 Å². The van der Waals surface area contributed by atoms with E-state index < -0.39 is 10.0 Å². The Kier molecular flexibility index (Phi) is 6.46. The first kappa shape index (κ1) is 18.2. The minimum atomic E-state index is -4.05. The molecule has 0 aliphatic carbocycles. The molecule has 1 aromatic carbocycles. The molecule has 0 unspecified atom stereocenters. The van der Waals surface area contributed by atoms with Crippen molar-refractivity contribution in [3.05, 3.63) is 27.7 Å². The Morgan fingerprint density at radius 2 is 1.90 bits per heavy atom. The van der Waals surface area contributed by atoms with Crippen LogP contribution in [0.4, 0.5) is 0 Å². The minimum absolute atomic E-state index is 0.0344. The van der Waals surface area contributed by atoms with E-state index in [0.29, 0.717) is 6.54 Å². The van der Waals surface area contributed by atoms with E-state index in [2.05, 4.69) is 6.92 Å². The summed E-state index contributed by atoms with van der Waals surface area (Å²) < 4.78 is 22.9. The maximum Gasteiger partial charge on any atom is 0.255 e. The van der Waals surface area contributed by atoms with Crippen LogP contribution in [0.1, 0.15) is 36.5 Å². The van der Waals surface area contributed by atoms with Crippen molar-refractivity contribution in [1.29, 1.82) is 0 Å². The van der Waals surface area contributed by atoms with Gasteiger partial charge in [0.05, 0.1) is 10.6 Å². The van der Waals surface area contributed by atoms with Gasteiger partial charge in [0.15, 0.2) is 0 Å². The van der Waals surface area contributed by atoms with Gasteiger partial charge in [-0.3, -0.25) is 4.79 Å². The van der Waals surface area contributed by atoms with E-state index >= 15 is 0 Å². The largest absolute Gasteiger partial charge is 0.342 e. The number of rotatable bonds is 6. The monoisotopic (exact) mass is 352 g/mol. The highest BCUT2D eigenvalue weighted by atomic mass is 35.5. The van der Waals surface area contributed by atoms with E-state index in [1.807, 2.05) is 0 Å². The molecule has 1 rings (SSSR count). The summed E-state index contributed by atoms with van der Waals surface area (Å²) in [6.45, 7) is 2.62. The van der Waals surface area contributed by atoms with E-state index in [1.54, 1.807) is 7.05 Å². The first-order valence-corrected chi connectivity index (χ1v) is 8.76. The second-order valence-electron chi connectivity index (χ2n) is 4.74. The van der Waals surface area contributed by atoms with Crippen LogP contribution in [0.25, 0.3) is 0 Å². The van der Waals surface area contributed by atoms with Crippen LogP contribution in [0, 0.1) is 0 Å². The number of carbonyl (C=O) groups excluding carboxylic acids is 1. The SMILES string of the molecule is CCCCCN(C)C(=O)c1cc(Cl)cc(S(N)(=O)=O)c1Cl. The lowest BCUT2D eigenvalue weighted by molar-refractivity contribution is 0.0792. The smallest absolute Gasteiger partial charge is 0.255 e. The van der Waals surface area contributed by atoms with Crippen molar-refractivity contribution in [2.45, 2.75) is 31.1 Å². The number of primary sulfonamides is 1. The maximum absolute atomic E-state index is 12.3. The van der Waals surface area contributed by atoms with Crippen molar-refractivity contribution in [3.8, 4) is 0 Å². The van der Waals surface area contributed by atoms with Crippen LogP contribution < -0.4 is 5.14 Å². The fourth-order valence-corrected chi connectivity index (χ4v) is 3.28. The average molecular weight is 353 g/mol. The van der Waals surface area contributed by atoms with E-state index in [-0.39, 0.29) is 26.4 Å². The standard InChI is InChI=1S/C13H18Cl2N2O3S/c1-3-4-5-6-17(2)13(18)10-7-9(14)8-11(12(10)15)21(16,19)20/h7-8H,3-6H2,1-2H3,(H2,16,19,20). The Morgan fingerprint density at radius 1 is 1.29 bits per heavy atom. The lowest BCUT2D eigenvalue weighted by Crippen LogP contribution is -2.28. The Hall–Kier alpha value is -0.820. The van der Waals surface area contributed by atoms with E-state index in [1.165, 1.54) is 11.0 Å². The van der Waals surface area contributed by atoms with Crippen molar-refractivity contribution in [2.24, 2.45) is 5.14 Å². The zero-order valence-corrected chi connectivity index (χ0v) is 14.2. The minimum Gasteiger partial charge on any atom is -0.342 e. The quantitative estimate of drug-likeness (QED) is 0.799. The molecule has 0 saturated carbocycles. The van der Waals surface area contributed by atoms with Crippen molar-refractivity contribution in [3.63, 3.8) is 0 Å². The van der Waals surface area contributed by atoms with Gasteiger partial charge in [-0.1, -0.05) is 43.0 Å². The number of amides is 1. The summed E-state index contributed by atoms with van der Waals surface area (Å²) in [5.41, 5.74) is 0.0344. The summed E-state index contributed by atoms with van der Waals surface area (Å²) >= 11 is 11.9. The fraction of sp³-hybridized carbons (Fsp3) is 0.462. The van der Waals surface area contributed by atoms with Gasteiger partial charge < -0.3 is 4.90 Å². The van der Waals surface area contributed by atoms with Crippen LogP contribution in [-0.2, 0) is 10.0 Å². The highest BCUT2D eigenvalue weighted by Gasteiger charge is 2.23. The second-order valence-corrected chi connectivity index (χ2v) is 7.09. The molecule has 0 radical (unpaired) electrons. The summed E-state index contributed by atoms with van der Waals surface area (Å²) in [6.07, 6.45) is 2.90. The number of carbonyl (C=O) groups is 1. The van der Waals surface area contributed by atoms with Gasteiger partial charge in [-0.25, -0.2) is 13.6 Å². The number of hydrogen-bond donors (Lipinski definition) is 1. The Labute approximate surface area is 135 Å². The highest BCUT2D eigenvalue weighted by molar-refractivity contribution is 7.89. The van der Waals surface area contributed by atoms with Crippen molar-refractivity contribution in [2.75, 3.05) is 13.6 Å². The summed E-state index contributed by atoms with van der Waals surface area (Å²) in [7, 11) is -2.41. The first-order chi connectivity index (χ1) is 9.68. The van der Waals surface area contributed by atoms with Gasteiger partial charge in [0, 0.05) is 18.6 Å². The molecule has 0 heterocycles. The first-order valence-electron chi connectivity index (χ1n) is 6.45. The number of unbranched alkanes of at least 4 members (excludes halogenated alkanes) is 2. The van der Waals surface area contributed by atoms with Crippen molar-refractivity contribution < 1.29 is 13.2 Å². The zero-order valence-electron chi connectivity index (χ0n) is 11.9. The Morgan fingerprint density at radius 3 is 2.43 bits per heavy atom. The molecule has 0 saturated heterocycles. The van der Waals surface area contributed by atoms with Gasteiger partial charge in [-0.15, -0.1) is 0 Å².